The molecule has 5 heteroatoms. The van der Waals surface area contributed by atoms with Crippen LogP contribution in [0.25, 0.3) is 0 Å². The molecule has 0 atom stereocenters. The fraction of sp³-hybridized carbons (Fsp3) is 0.438. The largest absolute Gasteiger partial charge is 0.397 e. The molecule has 2 N–H and O–H groups in total. The maximum absolute atomic E-state index is 12.9. The van der Waals surface area contributed by atoms with E-state index in [1.54, 1.807) is 17.4 Å². The zero-order valence-corrected chi connectivity index (χ0v) is 13.9. The van der Waals surface area contributed by atoms with Gasteiger partial charge in [0.1, 0.15) is 5.69 Å². The van der Waals surface area contributed by atoms with Gasteiger partial charge in [0.25, 0.3) is 5.91 Å². The van der Waals surface area contributed by atoms with Crippen molar-refractivity contribution in [2.45, 2.75) is 46.3 Å². The second-order valence-electron chi connectivity index (χ2n) is 5.77. The van der Waals surface area contributed by atoms with Crippen molar-refractivity contribution in [3.63, 3.8) is 0 Å². The van der Waals surface area contributed by atoms with Crippen LogP contribution in [0.2, 0.25) is 0 Å². The van der Waals surface area contributed by atoms with E-state index in [-0.39, 0.29) is 18.0 Å². The molecule has 1 amide bonds. The van der Waals surface area contributed by atoms with Crippen LogP contribution in [0.5, 0.6) is 0 Å². The predicted octanol–water partition coefficient (Wildman–Crippen LogP) is 3.76. The normalized spacial score (nSPS) is 11.3. The minimum Gasteiger partial charge on any atom is -0.397 e. The third kappa shape index (κ3) is 3.47. The fourth-order valence-electron chi connectivity index (χ4n) is 2.31. The molecule has 0 fully saturated rings. The van der Waals surface area contributed by atoms with E-state index in [1.807, 2.05) is 41.0 Å². The smallest absolute Gasteiger partial charge is 0.271 e. The van der Waals surface area contributed by atoms with Crippen LogP contribution in [0.15, 0.2) is 29.8 Å². The Balaban J connectivity index is 2.30. The second-order valence-corrected chi connectivity index (χ2v) is 6.80. The molecular formula is C16H23N3OS. The predicted molar refractivity (Wildman–Crippen MR) is 88.6 cm³/mol. The summed E-state index contributed by atoms with van der Waals surface area (Å²) < 4.78 is 1.95. The number of nitrogens with zero attached hydrogens (tertiary/aromatic N) is 2. The molecule has 2 aromatic heterocycles. The molecule has 2 rings (SSSR count). The van der Waals surface area contributed by atoms with Gasteiger partial charge in [-0.15, -0.1) is 11.3 Å². The molecular weight excluding hydrogens is 282 g/mol. The average molecular weight is 305 g/mol. The van der Waals surface area contributed by atoms with Crippen molar-refractivity contribution >= 4 is 22.9 Å². The number of amides is 1. The number of nitrogens with two attached hydrogens (primary N) is 1. The summed E-state index contributed by atoms with van der Waals surface area (Å²) >= 11 is 1.67. The van der Waals surface area contributed by atoms with Gasteiger partial charge in [-0.3, -0.25) is 4.79 Å². The Morgan fingerprint density at radius 3 is 2.62 bits per heavy atom. The lowest BCUT2D eigenvalue weighted by Gasteiger charge is -2.27. The molecule has 2 heterocycles. The molecule has 0 bridgehead atoms. The first-order valence-electron chi connectivity index (χ1n) is 7.20. The maximum Gasteiger partial charge on any atom is 0.271 e. The quantitative estimate of drug-likeness (QED) is 0.914. The van der Waals surface area contributed by atoms with Crippen molar-refractivity contribution in [1.82, 2.24) is 9.47 Å². The van der Waals surface area contributed by atoms with Crippen molar-refractivity contribution in [1.29, 1.82) is 0 Å². The number of nitrogen functional groups attached to an aromatic ring is 1. The van der Waals surface area contributed by atoms with E-state index in [0.717, 1.165) is 0 Å². The fourth-order valence-corrected chi connectivity index (χ4v) is 3.01. The Morgan fingerprint density at radius 1 is 1.38 bits per heavy atom. The number of hydrogen-bond donors (Lipinski definition) is 1. The highest BCUT2D eigenvalue weighted by molar-refractivity contribution is 7.09. The Morgan fingerprint density at radius 2 is 2.10 bits per heavy atom. The highest BCUT2D eigenvalue weighted by Gasteiger charge is 2.23. The number of carbonyl (C=O) groups is 1. The molecule has 4 nitrogen and oxygen atoms in total. The number of rotatable bonds is 5. The topological polar surface area (TPSA) is 51.3 Å². The molecule has 0 aliphatic carbocycles. The van der Waals surface area contributed by atoms with E-state index in [1.165, 1.54) is 4.88 Å². The van der Waals surface area contributed by atoms with Gasteiger partial charge < -0.3 is 15.2 Å². The van der Waals surface area contributed by atoms with Gasteiger partial charge in [0.05, 0.1) is 12.2 Å². The molecule has 0 saturated heterocycles. The molecule has 0 radical (unpaired) electrons. The number of carbonyl (C=O) groups excluding carboxylic acids is 1. The van der Waals surface area contributed by atoms with E-state index in [9.17, 15) is 4.79 Å². The molecule has 0 aliphatic rings. The molecule has 0 unspecified atom stereocenters. The number of thiophene rings is 1. The number of hydrogen-bond acceptors (Lipinski definition) is 3. The van der Waals surface area contributed by atoms with Crippen molar-refractivity contribution in [2.24, 2.45) is 0 Å². The maximum atomic E-state index is 12.9. The highest BCUT2D eigenvalue weighted by Crippen LogP contribution is 2.21. The van der Waals surface area contributed by atoms with Gasteiger partial charge in [-0.25, -0.2) is 0 Å². The summed E-state index contributed by atoms with van der Waals surface area (Å²) in [5, 5.41) is 2.03. The zero-order chi connectivity index (χ0) is 15.6. The summed E-state index contributed by atoms with van der Waals surface area (Å²) in [6.07, 6.45) is 1.83. The summed E-state index contributed by atoms with van der Waals surface area (Å²) in [6, 6.07) is 6.18. The molecule has 2 aromatic rings. The van der Waals surface area contributed by atoms with Crippen LogP contribution in [-0.4, -0.2) is 21.4 Å². The third-order valence-electron chi connectivity index (χ3n) is 3.44. The summed E-state index contributed by atoms with van der Waals surface area (Å²) in [5.41, 5.74) is 7.17. The Kier molecular flexibility index (Phi) is 4.73. The van der Waals surface area contributed by atoms with Crippen LogP contribution in [0.1, 0.15) is 49.1 Å². The van der Waals surface area contributed by atoms with Gasteiger partial charge in [-0.2, -0.15) is 0 Å². The molecule has 114 valence electrons. The first kappa shape index (κ1) is 15.6. The van der Waals surface area contributed by atoms with Gasteiger partial charge in [0, 0.05) is 23.2 Å². The van der Waals surface area contributed by atoms with Crippen molar-refractivity contribution in [3.05, 3.63) is 40.3 Å². The van der Waals surface area contributed by atoms with Crippen LogP contribution in [0, 0.1) is 0 Å². The highest BCUT2D eigenvalue weighted by atomic mass is 32.1. The van der Waals surface area contributed by atoms with E-state index in [4.69, 9.17) is 5.73 Å². The van der Waals surface area contributed by atoms with E-state index in [0.29, 0.717) is 17.9 Å². The number of aromatic nitrogens is 1. The summed E-state index contributed by atoms with van der Waals surface area (Å²) in [4.78, 5) is 16.0. The zero-order valence-electron chi connectivity index (χ0n) is 13.0. The molecule has 0 aliphatic heterocycles. The number of anilines is 1. The summed E-state index contributed by atoms with van der Waals surface area (Å²) in [5.74, 6) is 0.0313. The van der Waals surface area contributed by atoms with Gasteiger partial charge in [0.2, 0.25) is 0 Å². The van der Waals surface area contributed by atoms with Crippen molar-refractivity contribution < 1.29 is 4.79 Å². The second kappa shape index (κ2) is 6.35. The van der Waals surface area contributed by atoms with Crippen LogP contribution in [0.3, 0.4) is 0 Å². The molecule has 0 saturated carbocycles. The van der Waals surface area contributed by atoms with Crippen LogP contribution >= 0.6 is 11.3 Å². The SMILES string of the molecule is CC(C)N(Cc1cccs1)C(=O)c1cc(N)cn1C(C)C. The van der Waals surface area contributed by atoms with E-state index in [2.05, 4.69) is 19.9 Å². The van der Waals surface area contributed by atoms with Crippen molar-refractivity contribution in [2.75, 3.05) is 5.73 Å². The van der Waals surface area contributed by atoms with Gasteiger partial charge in [0.15, 0.2) is 0 Å². The Bertz CT molecular complexity index is 599. The average Bonchev–Trinajstić information content (AvgIpc) is 3.03. The minimum absolute atomic E-state index is 0.0313. The van der Waals surface area contributed by atoms with Crippen LogP contribution in [-0.2, 0) is 6.54 Å². The van der Waals surface area contributed by atoms with Crippen LogP contribution in [0.4, 0.5) is 5.69 Å². The van der Waals surface area contributed by atoms with E-state index >= 15 is 0 Å². The van der Waals surface area contributed by atoms with E-state index < -0.39 is 0 Å². The summed E-state index contributed by atoms with van der Waals surface area (Å²) in [6.45, 7) is 8.82. The van der Waals surface area contributed by atoms with Gasteiger partial charge >= 0.3 is 0 Å². The first-order chi connectivity index (χ1) is 9.90. The summed E-state index contributed by atoms with van der Waals surface area (Å²) in [7, 11) is 0. The standard InChI is InChI=1S/C16H23N3OS/c1-11(2)18-9-13(17)8-15(18)16(20)19(12(3)4)10-14-6-5-7-21-14/h5-9,11-12H,10,17H2,1-4H3. The molecule has 21 heavy (non-hydrogen) atoms. The van der Waals surface area contributed by atoms with Crippen LogP contribution < -0.4 is 5.73 Å². The molecule has 0 aromatic carbocycles. The van der Waals surface area contributed by atoms with Gasteiger partial charge in [-0.05, 0) is 45.2 Å². The lowest BCUT2D eigenvalue weighted by Crippen LogP contribution is -2.37. The van der Waals surface area contributed by atoms with Gasteiger partial charge in [-0.1, -0.05) is 6.07 Å². The Hall–Kier alpha value is -1.75. The monoisotopic (exact) mass is 305 g/mol. The molecule has 0 spiro atoms. The third-order valence-corrected chi connectivity index (χ3v) is 4.30. The minimum atomic E-state index is 0.0313. The van der Waals surface area contributed by atoms with Crippen molar-refractivity contribution in [3.8, 4) is 0 Å². The lowest BCUT2D eigenvalue weighted by molar-refractivity contribution is 0.0679. The first-order valence-corrected chi connectivity index (χ1v) is 8.08. The Labute approximate surface area is 130 Å². The lowest BCUT2D eigenvalue weighted by atomic mass is 10.2.